The summed E-state index contributed by atoms with van der Waals surface area (Å²) in [6, 6.07) is 7.48. The Balaban J connectivity index is 0.00000156. The van der Waals surface area contributed by atoms with Crippen molar-refractivity contribution in [2.45, 2.75) is 31.7 Å². The maximum Gasteiger partial charge on any atom is 0.0794 e. The van der Waals surface area contributed by atoms with Crippen molar-refractivity contribution in [2.24, 2.45) is 13.0 Å². The van der Waals surface area contributed by atoms with Crippen molar-refractivity contribution in [2.75, 3.05) is 18.5 Å². The fourth-order valence-corrected chi connectivity index (χ4v) is 3.46. The van der Waals surface area contributed by atoms with Crippen LogP contribution in [0.2, 0.25) is 0 Å². The van der Waals surface area contributed by atoms with Crippen LogP contribution in [0, 0.1) is 5.92 Å². The van der Waals surface area contributed by atoms with Crippen LogP contribution >= 0.6 is 12.4 Å². The average molecular weight is 333 g/mol. The standard InChI is InChI=1S/C18H24N4.ClH/c1-21-12-16(11-20-21)22(2)15-6-5-14-7-8-19-18(17(14)10-15)9-13-3-4-13;/h5-6,10-13,18-19H,3-4,7-9H2,1-2H3;1H. The minimum absolute atomic E-state index is 0. The third kappa shape index (κ3) is 3.38. The van der Waals surface area contributed by atoms with Crippen molar-refractivity contribution in [3.05, 3.63) is 41.7 Å². The van der Waals surface area contributed by atoms with Crippen LogP contribution in [-0.2, 0) is 13.5 Å². The molecule has 0 radical (unpaired) electrons. The van der Waals surface area contributed by atoms with E-state index >= 15 is 0 Å². The van der Waals surface area contributed by atoms with Crippen LogP contribution in [0.5, 0.6) is 0 Å². The number of fused-ring (bicyclic) bond motifs is 1. The molecular formula is C18H25ClN4. The third-order valence-corrected chi connectivity index (χ3v) is 5.02. The quantitative estimate of drug-likeness (QED) is 0.928. The van der Waals surface area contributed by atoms with Crippen LogP contribution in [0.4, 0.5) is 11.4 Å². The molecule has 0 spiro atoms. The number of benzene rings is 1. The van der Waals surface area contributed by atoms with Gasteiger partial charge in [-0.3, -0.25) is 4.68 Å². The van der Waals surface area contributed by atoms with Gasteiger partial charge < -0.3 is 10.2 Å². The van der Waals surface area contributed by atoms with Gasteiger partial charge in [-0.2, -0.15) is 5.10 Å². The minimum Gasteiger partial charge on any atom is -0.342 e. The fourth-order valence-electron chi connectivity index (χ4n) is 3.46. The van der Waals surface area contributed by atoms with Crippen LogP contribution in [0.3, 0.4) is 0 Å². The first-order valence-corrected chi connectivity index (χ1v) is 8.29. The average Bonchev–Trinajstić information content (AvgIpc) is 3.25. The summed E-state index contributed by atoms with van der Waals surface area (Å²) in [5, 5.41) is 8.00. The molecule has 1 unspecified atom stereocenters. The van der Waals surface area contributed by atoms with Gasteiger partial charge in [0, 0.05) is 32.0 Å². The van der Waals surface area contributed by atoms with E-state index in [2.05, 4.69) is 46.8 Å². The molecule has 2 aliphatic rings. The van der Waals surface area contributed by atoms with Crippen LogP contribution < -0.4 is 10.2 Å². The zero-order valence-electron chi connectivity index (χ0n) is 13.8. The zero-order valence-corrected chi connectivity index (χ0v) is 14.6. The van der Waals surface area contributed by atoms with Gasteiger partial charge in [0.1, 0.15) is 0 Å². The van der Waals surface area contributed by atoms with E-state index in [4.69, 9.17) is 0 Å². The lowest BCUT2D eigenvalue weighted by atomic mass is 9.90. The summed E-state index contributed by atoms with van der Waals surface area (Å²) >= 11 is 0. The lowest BCUT2D eigenvalue weighted by Gasteiger charge is -2.29. The second kappa shape index (κ2) is 6.54. The molecule has 1 aromatic heterocycles. The SMILES string of the molecule is CN(c1ccc2c(c1)C(CC1CC1)NCC2)c1cnn(C)c1.Cl. The van der Waals surface area contributed by atoms with Crippen LogP contribution in [-0.4, -0.2) is 23.4 Å². The number of aromatic nitrogens is 2. The van der Waals surface area contributed by atoms with Crippen LogP contribution in [0.25, 0.3) is 0 Å². The number of hydrogen-bond acceptors (Lipinski definition) is 3. The molecule has 124 valence electrons. The van der Waals surface area contributed by atoms with Gasteiger partial charge in [0.25, 0.3) is 0 Å². The molecular weight excluding hydrogens is 308 g/mol. The minimum atomic E-state index is 0. The maximum absolute atomic E-state index is 4.28. The molecule has 1 aliphatic carbocycles. The summed E-state index contributed by atoms with van der Waals surface area (Å²) < 4.78 is 1.85. The number of aryl methyl sites for hydroxylation is 1. The molecule has 5 heteroatoms. The van der Waals surface area contributed by atoms with E-state index in [9.17, 15) is 0 Å². The van der Waals surface area contributed by atoms with Crippen molar-refractivity contribution in [3.63, 3.8) is 0 Å². The Labute approximate surface area is 144 Å². The largest absolute Gasteiger partial charge is 0.342 e. The highest BCUT2D eigenvalue weighted by atomic mass is 35.5. The first-order valence-electron chi connectivity index (χ1n) is 8.29. The molecule has 0 saturated heterocycles. The highest BCUT2D eigenvalue weighted by molar-refractivity contribution is 5.85. The number of nitrogens with one attached hydrogen (secondary N) is 1. The lowest BCUT2D eigenvalue weighted by Crippen LogP contribution is -2.30. The predicted octanol–water partition coefficient (Wildman–Crippen LogP) is 3.60. The zero-order chi connectivity index (χ0) is 15.1. The van der Waals surface area contributed by atoms with Gasteiger partial charge in [0.15, 0.2) is 0 Å². The Kier molecular flexibility index (Phi) is 4.64. The van der Waals surface area contributed by atoms with E-state index in [1.54, 1.807) is 0 Å². The van der Waals surface area contributed by atoms with Gasteiger partial charge >= 0.3 is 0 Å². The van der Waals surface area contributed by atoms with E-state index in [-0.39, 0.29) is 12.4 Å². The van der Waals surface area contributed by atoms with Gasteiger partial charge in [-0.25, -0.2) is 0 Å². The van der Waals surface area contributed by atoms with Crippen molar-refractivity contribution in [3.8, 4) is 0 Å². The Hall–Kier alpha value is -1.52. The molecule has 0 bridgehead atoms. The topological polar surface area (TPSA) is 33.1 Å². The second-order valence-corrected chi connectivity index (χ2v) is 6.75. The van der Waals surface area contributed by atoms with E-state index < -0.39 is 0 Å². The molecule has 4 nitrogen and oxygen atoms in total. The van der Waals surface area contributed by atoms with Crippen molar-refractivity contribution in [1.29, 1.82) is 0 Å². The van der Waals surface area contributed by atoms with Gasteiger partial charge in [-0.05, 0) is 48.6 Å². The molecule has 4 rings (SSSR count). The van der Waals surface area contributed by atoms with Crippen LogP contribution in [0.15, 0.2) is 30.6 Å². The van der Waals surface area contributed by atoms with Crippen molar-refractivity contribution < 1.29 is 0 Å². The molecule has 1 atom stereocenters. The first kappa shape index (κ1) is 16.3. The predicted molar refractivity (Wildman–Crippen MR) is 96.7 cm³/mol. The van der Waals surface area contributed by atoms with Gasteiger partial charge in [-0.1, -0.05) is 18.9 Å². The third-order valence-electron chi connectivity index (χ3n) is 5.02. The Morgan fingerprint density at radius 3 is 2.83 bits per heavy atom. The fraction of sp³-hybridized carbons (Fsp3) is 0.500. The molecule has 23 heavy (non-hydrogen) atoms. The summed E-state index contributed by atoms with van der Waals surface area (Å²) in [5.74, 6) is 0.947. The first-order chi connectivity index (χ1) is 10.7. The maximum atomic E-state index is 4.28. The van der Waals surface area contributed by atoms with E-state index in [0.717, 1.165) is 24.6 Å². The number of nitrogens with zero attached hydrogens (tertiary/aromatic N) is 3. The van der Waals surface area contributed by atoms with E-state index in [0.29, 0.717) is 6.04 Å². The van der Waals surface area contributed by atoms with Gasteiger partial charge in [0.2, 0.25) is 0 Å². The Bertz CT molecular complexity index is 677. The summed E-state index contributed by atoms with van der Waals surface area (Å²) in [4.78, 5) is 2.22. The highest BCUT2D eigenvalue weighted by Gasteiger charge is 2.29. The van der Waals surface area contributed by atoms with E-state index in [1.807, 2.05) is 17.9 Å². The normalized spacial score (nSPS) is 19.8. The number of halogens is 1. The summed E-state index contributed by atoms with van der Waals surface area (Å²) in [5.41, 5.74) is 5.40. The summed E-state index contributed by atoms with van der Waals surface area (Å²) in [7, 11) is 4.07. The molecule has 1 saturated carbocycles. The summed E-state index contributed by atoms with van der Waals surface area (Å²) in [6.45, 7) is 1.11. The molecule has 1 aromatic carbocycles. The number of rotatable bonds is 4. The lowest BCUT2D eigenvalue weighted by molar-refractivity contribution is 0.453. The second-order valence-electron chi connectivity index (χ2n) is 6.75. The Morgan fingerprint density at radius 1 is 1.30 bits per heavy atom. The molecule has 0 amide bonds. The number of anilines is 2. The monoisotopic (exact) mass is 332 g/mol. The van der Waals surface area contributed by atoms with Gasteiger partial charge in [-0.15, -0.1) is 12.4 Å². The van der Waals surface area contributed by atoms with Crippen LogP contribution in [0.1, 0.15) is 36.4 Å². The molecule has 1 fully saturated rings. The molecule has 2 heterocycles. The molecule has 2 aromatic rings. The Morgan fingerprint density at radius 2 is 2.13 bits per heavy atom. The van der Waals surface area contributed by atoms with Crippen molar-refractivity contribution in [1.82, 2.24) is 15.1 Å². The highest BCUT2D eigenvalue weighted by Crippen LogP contribution is 2.40. The van der Waals surface area contributed by atoms with Gasteiger partial charge in [0.05, 0.1) is 11.9 Å². The molecule has 1 aliphatic heterocycles. The number of hydrogen-bond donors (Lipinski definition) is 1. The van der Waals surface area contributed by atoms with E-state index in [1.165, 1.54) is 36.1 Å². The molecule has 1 N–H and O–H groups in total. The smallest absolute Gasteiger partial charge is 0.0794 e. The van der Waals surface area contributed by atoms with Crippen molar-refractivity contribution >= 4 is 23.8 Å². The summed E-state index contributed by atoms with van der Waals surface area (Å²) in [6.07, 6.45) is 9.25.